The largest absolute Gasteiger partial charge is 0.458 e. The van der Waals surface area contributed by atoms with Crippen LogP contribution in [-0.2, 0) is 66.9 Å². The normalized spacial score (nSPS) is 21.6. The summed E-state index contributed by atoms with van der Waals surface area (Å²) in [4.78, 5) is 56.3. The van der Waals surface area contributed by atoms with E-state index in [4.69, 9.17) is 23.9 Å². The molecule has 3 aromatic heterocycles. The first kappa shape index (κ1) is 40.0. The van der Waals surface area contributed by atoms with Crippen molar-refractivity contribution in [3.8, 4) is 11.4 Å². The number of rotatable bonds is 19. The lowest BCUT2D eigenvalue weighted by molar-refractivity contribution is -0.183. The minimum Gasteiger partial charge on any atom is -0.458 e. The topological polar surface area (TPSA) is 190 Å². The van der Waals surface area contributed by atoms with Crippen LogP contribution in [-0.4, -0.2) is 98.5 Å². The minimum atomic E-state index is -1.50. The van der Waals surface area contributed by atoms with Crippen molar-refractivity contribution in [3.05, 3.63) is 74.8 Å². The second-order valence-electron chi connectivity index (χ2n) is 15.1. The molecule has 0 spiro atoms. The van der Waals surface area contributed by atoms with Crippen LogP contribution in [0.5, 0.6) is 0 Å². The van der Waals surface area contributed by atoms with Gasteiger partial charge >= 0.3 is 12.0 Å². The highest BCUT2D eigenvalue weighted by Gasteiger charge is 2.48. The zero-order valence-electron chi connectivity index (χ0n) is 32.9. The summed E-state index contributed by atoms with van der Waals surface area (Å²) in [6.45, 7) is 6.66. The Morgan fingerprint density at radius 3 is 2.76 bits per heavy atom. The summed E-state index contributed by atoms with van der Waals surface area (Å²) >= 11 is 1.89. The first-order valence-electron chi connectivity index (χ1n) is 20.3. The molecule has 0 unspecified atom stereocenters. The number of aryl methyl sites for hydroxylation is 1. The molecule has 0 radical (unpaired) electrons. The average molecular weight is 815 g/mol. The van der Waals surface area contributed by atoms with Gasteiger partial charge in [-0.05, 0) is 43.4 Å². The summed E-state index contributed by atoms with van der Waals surface area (Å²) in [6.07, 6.45) is 6.02. The molecule has 0 saturated carbocycles. The van der Waals surface area contributed by atoms with Crippen LogP contribution in [0.25, 0.3) is 22.3 Å². The number of ether oxygens (including phenoxy) is 4. The highest BCUT2D eigenvalue weighted by Crippen LogP contribution is 2.42. The number of benzene rings is 1. The molecule has 4 atom stereocenters. The maximum Gasteiger partial charge on any atom is 0.343 e. The summed E-state index contributed by atoms with van der Waals surface area (Å²) in [5.74, 6) is 0.414. The van der Waals surface area contributed by atoms with E-state index in [1.807, 2.05) is 43.0 Å². The number of esters is 1. The summed E-state index contributed by atoms with van der Waals surface area (Å²) in [5, 5.41) is 18.8. The quantitative estimate of drug-likeness (QED) is 0.0628. The Balaban J connectivity index is 0.768. The van der Waals surface area contributed by atoms with Crippen molar-refractivity contribution < 1.29 is 33.3 Å². The number of nitrogens with zero attached hydrogens (tertiary/aromatic N) is 5. The van der Waals surface area contributed by atoms with Gasteiger partial charge in [-0.1, -0.05) is 43.7 Å². The lowest BCUT2D eigenvalue weighted by Gasteiger charge is -2.36. The molecule has 16 nitrogen and oxygen atoms in total. The van der Waals surface area contributed by atoms with Gasteiger partial charge in [-0.2, -0.15) is 11.8 Å². The molecule has 0 aliphatic carbocycles. The monoisotopic (exact) mass is 814 g/mol. The van der Waals surface area contributed by atoms with Gasteiger partial charge in [-0.3, -0.25) is 9.59 Å². The first-order valence-corrected chi connectivity index (χ1v) is 21.3. The number of amides is 3. The lowest BCUT2D eigenvalue weighted by Crippen LogP contribution is -2.46. The SMILES string of the molecule is CCc1c2c(nc3ccccc13)-c1cc3c(c(=O)n1C2)COC(=O)[C@@]3(CC)OCc1cn(CCOCCOCCNC(=O)CCCC[C@@H]2SC[C@@H]3NC(=O)N[C@@H]32)nn1. The van der Waals surface area contributed by atoms with Gasteiger partial charge in [0, 0.05) is 40.5 Å². The number of cyclic esters (lactones) is 1. The molecule has 4 aliphatic rings. The number of pyridine rings is 2. The van der Waals surface area contributed by atoms with Crippen LogP contribution in [0.4, 0.5) is 4.79 Å². The van der Waals surface area contributed by atoms with E-state index in [0.29, 0.717) is 80.2 Å². The second kappa shape index (κ2) is 17.6. The van der Waals surface area contributed by atoms with Crippen molar-refractivity contribution in [2.75, 3.05) is 38.7 Å². The van der Waals surface area contributed by atoms with Crippen LogP contribution in [0.1, 0.15) is 73.9 Å². The van der Waals surface area contributed by atoms with Crippen LogP contribution in [0.3, 0.4) is 0 Å². The van der Waals surface area contributed by atoms with E-state index in [9.17, 15) is 19.2 Å². The fourth-order valence-electron chi connectivity index (χ4n) is 8.56. The van der Waals surface area contributed by atoms with Crippen molar-refractivity contribution >= 4 is 40.6 Å². The third kappa shape index (κ3) is 7.96. The van der Waals surface area contributed by atoms with Gasteiger partial charge in [0.05, 0.1) is 86.9 Å². The van der Waals surface area contributed by atoms with Gasteiger partial charge in [0.1, 0.15) is 12.3 Å². The predicted molar refractivity (Wildman–Crippen MR) is 215 cm³/mol. The number of nitrogens with one attached hydrogen (secondary N) is 3. The average Bonchev–Trinajstić information content (AvgIpc) is 4.02. The molecular formula is C41H50N8O8S. The van der Waals surface area contributed by atoms with Crippen LogP contribution < -0.4 is 21.5 Å². The molecule has 7 heterocycles. The molecule has 17 heteroatoms. The Labute approximate surface area is 340 Å². The number of carbonyl (C=O) groups excluding carboxylic acids is 3. The molecule has 4 aromatic rings. The zero-order chi connectivity index (χ0) is 40.2. The van der Waals surface area contributed by atoms with E-state index in [0.717, 1.165) is 53.6 Å². The van der Waals surface area contributed by atoms with E-state index in [-0.39, 0.29) is 49.2 Å². The summed E-state index contributed by atoms with van der Waals surface area (Å²) < 4.78 is 26.7. The maximum atomic E-state index is 14.0. The van der Waals surface area contributed by atoms with Gasteiger partial charge in [0.25, 0.3) is 5.56 Å². The van der Waals surface area contributed by atoms with Gasteiger partial charge in [0.15, 0.2) is 5.60 Å². The summed E-state index contributed by atoms with van der Waals surface area (Å²) in [6, 6.07) is 10.3. The Morgan fingerprint density at radius 2 is 1.91 bits per heavy atom. The molecule has 2 saturated heterocycles. The number of fused-ring (bicyclic) bond motifs is 6. The Kier molecular flexibility index (Phi) is 12.1. The number of aromatic nitrogens is 5. The maximum absolute atomic E-state index is 14.0. The third-order valence-corrected chi connectivity index (χ3v) is 13.1. The van der Waals surface area contributed by atoms with Crippen molar-refractivity contribution in [2.24, 2.45) is 0 Å². The molecule has 8 rings (SSSR count). The number of unbranched alkanes of at least 4 members (excludes halogenated alkanes) is 1. The number of urea groups is 1. The number of hydrogen-bond acceptors (Lipinski definition) is 12. The van der Waals surface area contributed by atoms with Crippen molar-refractivity contribution in [3.63, 3.8) is 0 Å². The number of carbonyl (C=O) groups is 3. The van der Waals surface area contributed by atoms with E-state index in [1.165, 1.54) is 5.56 Å². The van der Waals surface area contributed by atoms with Crippen LogP contribution in [0, 0.1) is 0 Å². The lowest BCUT2D eigenvalue weighted by atomic mass is 9.85. The molecule has 3 amide bonds. The smallest absolute Gasteiger partial charge is 0.343 e. The molecule has 58 heavy (non-hydrogen) atoms. The number of thioether (sulfide) groups is 1. The van der Waals surface area contributed by atoms with Crippen molar-refractivity contribution in [1.29, 1.82) is 0 Å². The van der Waals surface area contributed by atoms with Gasteiger partial charge < -0.3 is 39.5 Å². The Morgan fingerprint density at radius 1 is 1.07 bits per heavy atom. The first-order chi connectivity index (χ1) is 28.3. The van der Waals surface area contributed by atoms with Crippen molar-refractivity contribution in [2.45, 2.75) is 102 Å². The zero-order valence-corrected chi connectivity index (χ0v) is 33.7. The van der Waals surface area contributed by atoms with Crippen molar-refractivity contribution in [1.82, 2.24) is 40.5 Å². The van der Waals surface area contributed by atoms with Crippen LogP contribution in [0.15, 0.2) is 41.3 Å². The summed E-state index contributed by atoms with van der Waals surface area (Å²) in [5.41, 5.74) is 4.23. The molecule has 4 aliphatic heterocycles. The standard InChI is InChI=1S/C41H50N8O8S/c1-3-26-27-9-5-6-10-31(27)43-36-28(26)21-49-33(36)19-30-29(38(49)51)23-56-39(52)41(30,4-2)57-22-25-20-48(47-46-25)14-16-55-18-17-54-15-13-42-35(50)12-8-7-11-34-37-32(24-58-34)44-40(53)45-37/h5-6,9-10,19-20,32,34,37H,3-4,7-8,11-18,21-24H2,1-2H3,(H,42,50)(H2,44,45,53)/t32-,34-,37-,41-/m0/s1. The van der Waals surface area contributed by atoms with Gasteiger partial charge in [-0.25, -0.2) is 19.3 Å². The predicted octanol–water partition coefficient (Wildman–Crippen LogP) is 3.33. The van der Waals surface area contributed by atoms with Crippen LogP contribution >= 0.6 is 11.8 Å². The van der Waals surface area contributed by atoms with E-state index >= 15 is 0 Å². The van der Waals surface area contributed by atoms with E-state index < -0.39 is 11.6 Å². The minimum absolute atomic E-state index is 0.0144. The fourth-order valence-corrected chi connectivity index (χ4v) is 10.1. The molecule has 1 aromatic carbocycles. The molecule has 308 valence electrons. The fraction of sp³-hybridized carbons (Fsp3) is 0.537. The molecular weight excluding hydrogens is 765 g/mol. The highest BCUT2D eigenvalue weighted by molar-refractivity contribution is 8.00. The summed E-state index contributed by atoms with van der Waals surface area (Å²) in [7, 11) is 0. The van der Waals surface area contributed by atoms with Gasteiger partial charge in [-0.15, -0.1) is 5.10 Å². The van der Waals surface area contributed by atoms with Gasteiger partial charge in [0.2, 0.25) is 5.91 Å². The number of hydrogen-bond donors (Lipinski definition) is 3. The van der Waals surface area contributed by atoms with Crippen LogP contribution in [0.2, 0.25) is 0 Å². The Bertz CT molecular complexity index is 2240. The molecule has 2 fully saturated rings. The van der Waals surface area contributed by atoms with E-state index in [1.54, 1.807) is 15.4 Å². The number of para-hydroxylation sites is 1. The second-order valence-corrected chi connectivity index (χ2v) is 16.3. The molecule has 0 bridgehead atoms. The molecule has 3 N–H and O–H groups in total. The highest BCUT2D eigenvalue weighted by atomic mass is 32.2. The third-order valence-electron chi connectivity index (χ3n) is 11.6. The Hall–Kier alpha value is -4.84. The van der Waals surface area contributed by atoms with E-state index in [2.05, 4.69) is 39.3 Å².